The predicted molar refractivity (Wildman–Crippen MR) is 33.9 cm³/mol. The van der Waals surface area contributed by atoms with E-state index in [9.17, 15) is 18.0 Å². The maximum absolute atomic E-state index is 11.7. The van der Waals surface area contributed by atoms with Crippen LogP contribution in [0.2, 0.25) is 0 Å². The summed E-state index contributed by atoms with van der Waals surface area (Å²) in [7, 11) is 0. The summed E-state index contributed by atoms with van der Waals surface area (Å²) in [5.41, 5.74) is 3.53. The zero-order valence-corrected chi connectivity index (χ0v) is 5.90. The number of carbonyl (C=O) groups excluding carboxylic acids is 1. The molecule has 0 rings (SSSR count). The van der Waals surface area contributed by atoms with E-state index in [0.717, 1.165) is 0 Å². The number of carbonyl (C=O) groups is 1. The Bertz CT molecular complexity index is 183. The summed E-state index contributed by atoms with van der Waals surface area (Å²) < 4.78 is 35.1. The molecule has 0 aliphatic rings. The molecule has 11 heavy (non-hydrogen) atoms. The van der Waals surface area contributed by atoms with Gasteiger partial charge in [0.05, 0.1) is 11.6 Å². The molecule has 0 aromatic rings. The van der Waals surface area contributed by atoms with Gasteiger partial charge in [-0.2, -0.15) is 13.2 Å². The third-order valence-electron chi connectivity index (χ3n) is 1.05. The Balaban J connectivity index is 4.40. The van der Waals surface area contributed by atoms with Crippen molar-refractivity contribution in [3.63, 3.8) is 0 Å². The summed E-state index contributed by atoms with van der Waals surface area (Å²) in [5, 5.41) is 0. The van der Waals surface area contributed by atoms with Gasteiger partial charge in [-0.25, -0.2) is 0 Å². The second kappa shape index (κ2) is 3.04. The summed E-state index contributed by atoms with van der Waals surface area (Å²) in [6, 6.07) is -1.15. The quantitative estimate of drug-likeness (QED) is 0.624. The lowest BCUT2D eigenvalue weighted by molar-refractivity contribution is -0.129. The van der Waals surface area contributed by atoms with E-state index in [0.29, 0.717) is 0 Å². The van der Waals surface area contributed by atoms with E-state index in [1.54, 1.807) is 0 Å². The van der Waals surface area contributed by atoms with E-state index in [4.69, 9.17) is 5.73 Å². The Morgan fingerprint density at radius 1 is 1.55 bits per heavy atom. The molecule has 1 unspecified atom stereocenters. The molecular formula is C6H8F3NO. The molecule has 0 fully saturated rings. The lowest BCUT2D eigenvalue weighted by Crippen LogP contribution is -2.32. The van der Waals surface area contributed by atoms with E-state index in [1.807, 2.05) is 0 Å². The van der Waals surface area contributed by atoms with Crippen LogP contribution in [0.5, 0.6) is 0 Å². The second-order valence-corrected chi connectivity index (χ2v) is 2.13. The highest BCUT2D eigenvalue weighted by atomic mass is 19.4. The molecule has 0 radical (unpaired) electrons. The highest BCUT2D eigenvalue weighted by Crippen LogP contribution is 2.24. The number of halogens is 3. The summed E-state index contributed by atoms with van der Waals surface area (Å²) in [6.07, 6.45) is -4.66. The Morgan fingerprint density at radius 3 is 2.00 bits per heavy atom. The molecule has 0 spiro atoms. The zero-order chi connectivity index (χ0) is 9.23. The highest BCUT2D eigenvalue weighted by Gasteiger charge is 2.37. The van der Waals surface area contributed by atoms with Crippen LogP contribution >= 0.6 is 0 Å². The topological polar surface area (TPSA) is 43.1 Å². The van der Waals surface area contributed by atoms with E-state index in [-0.39, 0.29) is 0 Å². The molecule has 0 bridgehead atoms. The number of alkyl halides is 3. The standard InChI is InChI=1S/C6H8F3NO/c1-3(6(7,8)9)5(11)4(2)10/h4H,1,10H2,2H3. The number of hydrogen-bond donors (Lipinski definition) is 1. The molecule has 2 nitrogen and oxygen atoms in total. The number of ketones is 1. The van der Waals surface area contributed by atoms with Gasteiger partial charge in [-0.15, -0.1) is 0 Å². The van der Waals surface area contributed by atoms with Crippen LogP contribution in [0.3, 0.4) is 0 Å². The van der Waals surface area contributed by atoms with Gasteiger partial charge in [0.2, 0.25) is 0 Å². The van der Waals surface area contributed by atoms with Crippen molar-refractivity contribution in [1.82, 2.24) is 0 Å². The maximum Gasteiger partial charge on any atom is 0.419 e. The number of nitrogens with two attached hydrogens (primary N) is 1. The molecule has 0 heterocycles. The van der Waals surface area contributed by atoms with Crippen LogP contribution in [0, 0.1) is 0 Å². The average Bonchev–Trinajstić information content (AvgIpc) is 1.82. The minimum atomic E-state index is -4.66. The van der Waals surface area contributed by atoms with Gasteiger partial charge in [-0.1, -0.05) is 6.58 Å². The fraction of sp³-hybridized carbons (Fsp3) is 0.500. The fourth-order valence-corrected chi connectivity index (χ4v) is 0.415. The first-order chi connectivity index (χ1) is 4.76. The molecule has 2 N–H and O–H groups in total. The van der Waals surface area contributed by atoms with Gasteiger partial charge in [-0.05, 0) is 6.92 Å². The van der Waals surface area contributed by atoms with Crippen molar-refractivity contribution in [2.45, 2.75) is 19.1 Å². The van der Waals surface area contributed by atoms with Crippen molar-refractivity contribution in [3.8, 4) is 0 Å². The summed E-state index contributed by atoms with van der Waals surface area (Å²) in [6.45, 7) is 3.77. The van der Waals surface area contributed by atoms with E-state index in [2.05, 4.69) is 6.58 Å². The Hall–Kier alpha value is -0.840. The van der Waals surface area contributed by atoms with E-state index >= 15 is 0 Å². The predicted octanol–water partition coefficient (Wildman–Crippen LogP) is 1.02. The van der Waals surface area contributed by atoms with Crippen molar-refractivity contribution in [1.29, 1.82) is 0 Å². The molecule has 1 atom stereocenters. The molecule has 0 aliphatic carbocycles. The van der Waals surface area contributed by atoms with E-state index in [1.165, 1.54) is 6.92 Å². The number of hydrogen-bond acceptors (Lipinski definition) is 2. The minimum absolute atomic E-state index is 1.15. The summed E-state index contributed by atoms with van der Waals surface area (Å²) in [4.78, 5) is 10.5. The zero-order valence-electron chi connectivity index (χ0n) is 5.90. The lowest BCUT2D eigenvalue weighted by atomic mass is 10.1. The lowest BCUT2D eigenvalue weighted by Gasteiger charge is -2.10. The van der Waals surface area contributed by atoms with Gasteiger partial charge in [0.25, 0.3) is 0 Å². The number of rotatable bonds is 2. The monoisotopic (exact) mass is 167 g/mol. The van der Waals surface area contributed by atoms with Crippen molar-refractivity contribution in [2.75, 3.05) is 0 Å². The average molecular weight is 167 g/mol. The molecule has 64 valence electrons. The molecule has 0 saturated carbocycles. The molecule has 0 aromatic carbocycles. The van der Waals surface area contributed by atoms with Crippen LogP contribution in [-0.4, -0.2) is 18.0 Å². The van der Waals surface area contributed by atoms with Gasteiger partial charge >= 0.3 is 6.18 Å². The Labute approximate surface area is 61.9 Å². The van der Waals surface area contributed by atoms with Crippen LogP contribution < -0.4 is 5.73 Å². The van der Waals surface area contributed by atoms with Crippen molar-refractivity contribution in [2.24, 2.45) is 5.73 Å². The van der Waals surface area contributed by atoms with Gasteiger partial charge in [0.15, 0.2) is 5.78 Å². The van der Waals surface area contributed by atoms with Crippen LogP contribution in [0.15, 0.2) is 12.2 Å². The molecule has 0 amide bonds. The van der Waals surface area contributed by atoms with Crippen LogP contribution in [-0.2, 0) is 4.79 Å². The van der Waals surface area contributed by atoms with Gasteiger partial charge < -0.3 is 5.73 Å². The first kappa shape index (κ1) is 10.2. The number of Topliss-reactive ketones (excluding diaryl/α,β-unsaturated/α-hetero) is 1. The van der Waals surface area contributed by atoms with Gasteiger partial charge in [-0.3, -0.25) is 4.79 Å². The molecule has 5 heteroatoms. The first-order valence-electron chi connectivity index (χ1n) is 2.82. The molecule has 0 saturated heterocycles. The SMILES string of the molecule is C=C(C(=O)C(C)N)C(F)(F)F. The molecule has 0 aliphatic heterocycles. The summed E-state index contributed by atoms with van der Waals surface area (Å²) >= 11 is 0. The second-order valence-electron chi connectivity index (χ2n) is 2.13. The van der Waals surface area contributed by atoms with Crippen molar-refractivity contribution in [3.05, 3.63) is 12.2 Å². The maximum atomic E-state index is 11.7. The third-order valence-corrected chi connectivity index (χ3v) is 1.05. The Kier molecular flexibility index (Phi) is 2.81. The van der Waals surface area contributed by atoms with Crippen LogP contribution in [0.1, 0.15) is 6.92 Å². The molecular weight excluding hydrogens is 159 g/mol. The smallest absolute Gasteiger partial charge is 0.321 e. The van der Waals surface area contributed by atoms with Crippen molar-refractivity contribution >= 4 is 5.78 Å². The fourth-order valence-electron chi connectivity index (χ4n) is 0.415. The van der Waals surface area contributed by atoms with Crippen molar-refractivity contribution < 1.29 is 18.0 Å². The van der Waals surface area contributed by atoms with Gasteiger partial charge in [0, 0.05) is 0 Å². The Morgan fingerprint density at radius 2 is 1.91 bits per heavy atom. The molecule has 0 aromatic heterocycles. The highest BCUT2D eigenvalue weighted by molar-refractivity contribution is 5.99. The largest absolute Gasteiger partial charge is 0.419 e. The van der Waals surface area contributed by atoms with E-state index < -0.39 is 23.6 Å². The van der Waals surface area contributed by atoms with Crippen LogP contribution in [0.25, 0.3) is 0 Å². The first-order valence-corrected chi connectivity index (χ1v) is 2.82. The third kappa shape index (κ3) is 2.71. The van der Waals surface area contributed by atoms with Crippen LogP contribution in [0.4, 0.5) is 13.2 Å². The van der Waals surface area contributed by atoms with Gasteiger partial charge in [0.1, 0.15) is 0 Å². The minimum Gasteiger partial charge on any atom is -0.321 e. The normalized spacial score (nSPS) is 14.3. The summed E-state index contributed by atoms with van der Waals surface area (Å²) in [5.74, 6) is -1.17.